The van der Waals surface area contributed by atoms with Gasteiger partial charge >= 0.3 is 0 Å². The van der Waals surface area contributed by atoms with Crippen molar-refractivity contribution in [3.8, 4) is 0 Å². The van der Waals surface area contributed by atoms with Crippen molar-refractivity contribution in [2.45, 2.75) is 37.8 Å². The van der Waals surface area contributed by atoms with Gasteiger partial charge in [-0.1, -0.05) is 12.8 Å². The van der Waals surface area contributed by atoms with Crippen LogP contribution in [0.4, 0.5) is 0 Å². The van der Waals surface area contributed by atoms with Gasteiger partial charge in [-0.3, -0.25) is 4.79 Å². The molecule has 1 amide bonds. The Labute approximate surface area is 118 Å². The average molecular weight is 282 g/mol. The molecule has 0 aromatic heterocycles. The zero-order valence-electron chi connectivity index (χ0n) is 11.2. The topological polar surface area (TPSA) is 56.7 Å². The number of nitrogens with one attached hydrogen (secondary N) is 2. The second-order valence-corrected chi connectivity index (χ2v) is 6.65. The first-order valence-corrected chi connectivity index (χ1v) is 8.42. The van der Waals surface area contributed by atoms with Gasteiger partial charge in [0.25, 0.3) is 0 Å². The lowest BCUT2D eigenvalue weighted by Crippen LogP contribution is -2.47. The van der Waals surface area contributed by atoms with E-state index in [0.717, 1.165) is 30.6 Å². The van der Waals surface area contributed by atoms with Gasteiger partial charge in [-0.25, -0.2) is 4.99 Å². The summed E-state index contributed by atoms with van der Waals surface area (Å²) in [6.07, 6.45) is 4.96. The SMILES string of the molecule is O=C(CNC1=NC2CCCC[C@@H]2N1)N1CCSCC1. The maximum Gasteiger partial charge on any atom is 0.242 e. The molecule has 0 aromatic carbocycles. The Morgan fingerprint density at radius 1 is 1.37 bits per heavy atom. The second-order valence-electron chi connectivity index (χ2n) is 5.43. The molecular weight excluding hydrogens is 260 g/mol. The van der Waals surface area contributed by atoms with E-state index >= 15 is 0 Å². The summed E-state index contributed by atoms with van der Waals surface area (Å²) in [5.74, 6) is 3.15. The van der Waals surface area contributed by atoms with Crippen LogP contribution in [0.1, 0.15) is 25.7 Å². The number of thioether (sulfide) groups is 1. The van der Waals surface area contributed by atoms with E-state index in [1.807, 2.05) is 16.7 Å². The van der Waals surface area contributed by atoms with Crippen LogP contribution in [-0.2, 0) is 4.79 Å². The minimum Gasteiger partial charge on any atom is -0.352 e. The lowest BCUT2D eigenvalue weighted by atomic mass is 9.92. The van der Waals surface area contributed by atoms with E-state index in [1.54, 1.807) is 0 Å². The molecule has 3 aliphatic rings. The highest BCUT2D eigenvalue weighted by Crippen LogP contribution is 2.24. The molecule has 1 aliphatic carbocycles. The Hall–Kier alpha value is -0.910. The van der Waals surface area contributed by atoms with Crippen molar-refractivity contribution < 1.29 is 4.79 Å². The number of aliphatic imine (C=N–C) groups is 1. The molecule has 3 rings (SSSR count). The van der Waals surface area contributed by atoms with Gasteiger partial charge in [-0.2, -0.15) is 11.8 Å². The summed E-state index contributed by atoms with van der Waals surface area (Å²) in [6.45, 7) is 2.14. The van der Waals surface area contributed by atoms with E-state index in [1.165, 1.54) is 25.7 Å². The van der Waals surface area contributed by atoms with Crippen molar-refractivity contribution in [1.82, 2.24) is 15.5 Å². The molecule has 0 radical (unpaired) electrons. The molecule has 0 bridgehead atoms. The van der Waals surface area contributed by atoms with Gasteiger partial charge in [0.15, 0.2) is 5.96 Å². The highest BCUT2D eigenvalue weighted by Gasteiger charge is 2.30. The number of nitrogens with zero attached hydrogens (tertiary/aromatic N) is 2. The highest BCUT2D eigenvalue weighted by atomic mass is 32.2. The van der Waals surface area contributed by atoms with Gasteiger partial charge in [0, 0.05) is 24.6 Å². The van der Waals surface area contributed by atoms with Crippen LogP contribution >= 0.6 is 11.8 Å². The first-order valence-electron chi connectivity index (χ1n) is 7.26. The number of guanidine groups is 1. The second kappa shape index (κ2) is 6.03. The number of amides is 1. The summed E-state index contributed by atoms with van der Waals surface area (Å²) in [6, 6.07) is 0.926. The summed E-state index contributed by atoms with van der Waals surface area (Å²) in [5, 5.41) is 6.59. The van der Waals surface area contributed by atoms with Gasteiger partial charge in [0.05, 0.1) is 18.6 Å². The molecule has 106 valence electrons. The van der Waals surface area contributed by atoms with Gasteiger partial charge in [-0.15, -0.1) is 0 Å². The molecule has 19 heavy (non-hydrogen) atoms. The molecule has 2 heterocycles. The third kappa shape index (κ3) is 3.16. The number of carbonyl (C=O) groups is 1. The van der Waals surface area contributed by atoms with Crippen molar-refractivity contribution >= 4 is 23.6 Å². The van der Waals surface area contributed by atoms with Crippen LogP contribution in [0.15, 0.2) is 4.99 Å². The largest absolute Gasteiger partial charge is 0.352 e. The van der Waals surface area contributed by atoms with Crippen LogP contribution in [0.25, 0.3) is 0 Å². The Balaban J connectivity index is 1.45. The molecule has 0 spiro atoms. The zero-order valence-corrected chi connectivity index (χ0v) is 12.0. The van der Waals surface area contributed by atoms with Crippen molar-refractivity contribution in [2.24, 2.45) is 4.99 Å². The fraction of sp³-hybridized carbons (Fsp3) is 0.846. The summed E-state index contributed by atoms with van der Waals surface area (Å²) < 4.78 is 0. The Morgan fingerprint density at radius 3 is 2.95 bits per heavy atom. The summed E-state index contributed by atoms with van der Waals surface area (Å²) in [4.78, 5) is 18.6. The van der Waals surface area contributed by atoms with Crippen LogP contribution in [0.5, 0.6) is 0 Å². The monoisotopic (exact) mass is 282 g/mol. The van der Waals surface area contributed by atoms with E-state index < -0.39 is 0 Å². The molecule has 2 fully saturated rings. The zero-order chi connectivity index (χ0) is 13.1. The standard InChI is InChI=1S/C13H22N4OS/c18-12(17-5-7-19-8-6-17)9-14-13-15-10-3-1-2-4-11(10)16-13/h10-11H,1-9H2,(H2,14,15,16)/t10-,11?/m0/s1. The molecule has 2 atom stereocenters. The summed E-state index contributed by atoms with van der Waals surface area (Å²) >= 11 is 1.92. The molecule has 2 N–H and O–H groups in total. The Morgan fingerprint density at radius 2 is 2.16 bits per heavy atom. The van der Waals surface area contributed by atoms with Gasteiger partial charge < -0.3 is 15.5 Å². The van der Waals surface area contributed by atoms with E-state index in [0.29, 0.717) is 18.6 Å². The third-order valence-corrected chi connectivity index (χ3v) is 5.06. The first kappa shape index (κ1) is 13.1. The van der Waals surface area contributed by atoms with E-state index in [4.69, 9.17) is 0 Å². The maximum absolute atomic E-state index is 12.0. The molecular formula is C13H22N4OS. The van der Waals surface area contributed by atoms with Crippen LogP contribution < -0.4 is 10.6 Å². The predicted molar refractivity (Wildman–Crippen MR) is 78.5 cm³/mol. The number of hydrogen-bond acceptors (Lipinski definition) is 5. The maximum atomic E-state index is 12.0. The van der Waals surface area contributed by atoms with Crippen molar-refractivity contribution in [3.05, 3.63) is 0 Å². The molecule has 1 saturated carbocycles. The predicted octanol–water partition coefficient (Wildman–Crippen LogP) is 0.422. The van der Waals surface area contributed by atoms with Crippen LogP contribution in [0.3, 0.4) is 0 Å². The van der Waals surface area contributed by atoms with Crippen LogP contribution in [0.2, 0.25) is 0 Å². The number of carbonyl (C=O) groups excluding carboxylic acids is 1. The molecule has 0 aromatic rings. The Bertz CT molecular complexity index is 368. The lowest BCUT2D eigenvalue weighted by molar-refractivity contribution is -0.129. The van der Waals surface area contributed by atoms with E-state index in [-0.39, 0.29) is 5.91 Å². The van der Waals surface area contributed by atoms with Crippen molar-refractivity contribution in [3.63, 3.8) is 0 Å². The molecule has 1 unspecified atom stereocenters. The number of hydrogen-bond donors (Lipinski definition) is 2. The Kier molecular flexibility index (Phi) is 4.15. The number of fused-ring (bicyclic) bond motifs is 1. The van der Waals surface area contributed by atoms with Crippen molar-refractivity contribution in [1.29, 1.82) is 0 Å². The normalized spacial score (nSPS) is 30.3. The lowest BCUT2D eigenvalue weighted by Gasteiger charge is -2.26. The molecule has 1 saturated heterocycles. The van der Waals surface area contributed by atoms with E-state index in [9.17, 15) is 4.79 Å². The van der Waals surface area contributed by atoms with E-state index in [2.05, 4.69) is 15.6 Å². The highest BCUT2D eigenvalue weighted by molar-refractivity contribution is 7.99. The minimum atomic E-state index is 0.194. The summed E-state index contributed by atoms with van der Waals surface area (Å²) in [5.41, 5.74) is 0. The van der Waals surface area contributed by atoms with Gasteiger partial charge in [0.1, 0.15) is 0 Å². The quantitative estimate of drug-likeness (QED) is 0.771. The fourth-order valence-electron chi connectivity index (χ4n) is 2.99. The number of rotatable bonds is 2. The average Bonchev–Trinajstić information content (AvgIpc) is 2.88. The molecule has 5 nitrogen and oxygen atoms in total. The summed E-state index contributed by atoms with van der Waals surface area (Å²) in [7, 11) is 0. The molecule has 6 heteroatoms. The van der Waals surface area contributed by atoms with Gasteiger partial charge in [0.2, 0.25) is 5.91 Å². The fourth-order valence-corrected chi connectivity index (χ4v) is 3.90. The van der Waals surface area contributed by atoms with Gasteiger partial charge in [-0.05, 0) is 12.8 Å². The third-order valence-electron chi connectivity index (χ3n) is 4.12. The van der Waals surface area contributed by atoms with Crippen molar-refractivity contribution in [2.75, 3.05) is 31.1 Å². The van der Waals surface area contributed by atoms with Crippen LogP contribution in [0, 0.1) is 0 Å². The smallest absolute Gasteiger partial charge is 0.242 e. The first-order chi connectivity index (χ1) is 9.33. The minimum absolute atomic E-state index is 0.194. The molecule has 2 aliphatic heterocycles. The van der Waals surface area contributed by atoms with Crippen LogP contribution in [-0.4, -0.2) is 60.0 Å².